The van der Waals surface area contributed by atoms with Crippen LogP contribution in [-0.2, 0) is 6.54 Å². The van der Waals surface area contributed by atoms with Gasteiger partial charge in [-0.15, -0.1) is 0 Å². The van der Waals surface area contributed by atoms with Gasteiger partial charge in [0.1, 0.15) is 0 Å². The van der Waals surface area contributed by atoms with Crippen molar-refractivity contribution >= 4 is 29.1 Å². The molecule has 0 unspecified atom stereocenters. The van der Waals surface area contributed by atoms with E-state index >= 15 is 0 Å². The molecule has 102 valence electrons. The zero-order valence-electron chi connectivity index (χ0n) is 11.5. The monoisotopic (exact) mass is 286 g/mol. The predicted octanol–water partition coefficient (Wildman–Crippen LogP) is 3.64. The van der Waals surface area contributed by atoms with Gasteiger partial charge in [0.05, 0.1) is 10.7 Å². The molecule has 0 aliphatic carbocycles. The lowest BCUT2D eigenvalue weighted by atomic mass is 10.2. The van der Waals surface area contributed by atoms with Crippen molar-refractivity contribution < 1.29 is 0 Å². The van der Waals surface area contributed by atoms with Crippen LogP contribution in [0.4, 0.5) is 5.69 Å². The molecule has 0 radical (unpaired) electrons. The van der Waals surface area contributed by atoms with Crippen molar-refractivity contribution in [2.75, 3.05) is 37.0 Å². The SMILES string of the molecule is CCCNCc1ccc(N(C)CCSC)c(Cl)c1. The van der Waals surface area contributed by atoms with Crippen LogP contribution in [0.25, 0.3) is 0 Å². The summed E-state index contributed by atoms with van der Waals surface area (Å²) >= 11 is 8.19. The van der Waals surface area contributed by atoms with Crippen LogP contribution in [0.3, 0.4) is 0 Å². The second kappa shape index (κ2) is 8.68. The van der Waals surface area contributed by atoms with Crippen LogP contribution in [0.15, 0.2) is 18.2 Å². The normalized spacial score (nSPS) is 10.7. The zero-order chi connectivity index (χ0) is 13.4. The van der Waals surface area contributed by atoms with Crippen molar-refractivity contribution in [1.82, 2.24) is 5.32 Å². The fourth-order valence-electron chi connectivity index (χ4n) is 1.73. The molecule has 0 fully saturated rings. The molecule has 0 aliphatic rings. The van der Waals surface area contributed by atoms with Gasteiger partial charge in [-0.3, -0.25) is 0 Å². The maximum Gasteiger partial charge on any atom is 0.0642 e. The van der Waals surface area contributed by atoms with E-state index in [1.165, 1.54) is 5.56 Å². The number of nitrogens with zero attached hydrogens (tertiary/aromatic N) is 1. The summed E-state index contributed by atoms with van der Waals surface area (Å²) in [5, 5.41) is 4.23. The third-order valence-electron chi connectivity index (χ3n) is 2.81. The minimum absolute atomic E-state index is 0.842. The highest BCUT2D eigenvalue weighted by Gasteiger charge is 2.06. The van der Waals surface area contributed by atoms with Gasteiger partial charge in [-0.1, -0.05) is 24.6 Å². The van der Waals surface area contributed by atoms with Gasteiger partial charge >= 0.3 is 0 Å². The van der Waals surface area contributed by atoms with Crippen molar-refractivity contribution in [3.05, 3.63) is 28.8 Å². The first-order valence-electron chi connectivity index (χ1n) is 6.38. The molecule has 0 saturated carbocycles. The van der Waals surface area contributed by atoms with Gasteiger partial charge in [0, 0.05) is 25.9 Å². The van der Waals surface area contributed by atoms with E-state index in [9.17, 15) is 0 Å². The summed E-state index contributed by atoms with van der Waals surface area (Å²) in [6.07, 6.45) is 3.28. The largest absolute Gasteiger partial charge is 0.373 e. The van der Waals surface area contributed by atoms with Gasteiger partial charge in [-0.2, -0.15) is 11.8 Å². The number of hydrogen-bond donors (Lipinski definition) is 1. The number of anilines is 1. The summed E-state index contributed by atoms with van der Waals surface area (Å²) < 4.78 is 0. The molecule has 0 atom stereocenters. The Morgan fingerprint density at radius 2 is 2.17 bits per heavy atom. The molecule has 0 heterocycles. The molecular weight excluding hydrogens is 264 g/mol. The smallest absolute Gasteiger partial charge is 0.0642 e. The van der Waals surface area contributed by atoms with Crippen molar-refractivity contribution in [1.29, 1.82) is 0 Å². The van der Waals surface area contributed by atoms with Crippen molar-refractivity contribution in [2.24, 2.45) is 0 Å². The van der Waals surface area contributed by atoms with Crippen molar-refractivity contribution in [3.63, 3.8) is 0 Å². The number of rotatable bonds is 8. The van der Waals surface area contributed by atoms with Gasteiger partial charge in [0.2, 0.25) is 0 Å². The van der Waals surface area contributed by atoms with E-state index in [4.69, 9.17) is 11.6 Å². The molecule has 0 aliphatic heterocycles. The third-order valence-corrected chi connectivity index (χ3v) is 3.70. The summed E-state index contributed by atoms with van der Waals surface area (Å²) in [5.74, 6) is 1.12. The Hall–Kier alpha value is -0.380. The summed E-state index contributed by atoms with van der Waals surface area (Å²) in [6, 6.07) is 6.33. The number of benzene rings is 1. The number of halogens is 1. The molecule has 0 bridgehead atoms. The molecule has 0 saturated heterocycles. The molecule has 0 spiro atoms. The number of thioether (sulfide) groups is 1. The second-order valence-electron chi connectivity index (χ2n) is 4.38. The Kier molecular flexibility index (Phi) is 7.56. The first kappa shape index (κ1) is 15.7. The molecular formula is C14H23ClN2S. The van der Waals surface area contributed by atoms with Crippen molar-refractivity contribution in [3.8, 4) is 0 Å². The summed E-state index contributed by atoms with van der Waals surface area (Å²) in [7, 11) is 2.09. The van der Waals surface area contributed by atoms with Crippen LogP contribution < -0.4 is 10.2 Å². The highest BCUT2D eigenvalue weighted by atomic mass is 35.5. The third kappa shape index (κ3) is 5.09. The summed E-state index contributed by atoms with van der Waals surface area (Å²) in [4.78, 5) is 2.21. The van der Waals surface area contributed by atoms with Crippen LogP contribution in [0, 0.1) is 0 Å². The molecule has 4 heteroatoms. The lowest BCUT2D eigenvalue weighted by molar-refractivity contribution is 0.675. The van der Waals surface area contributed by atoms with E-state index in [-0.39, 0.29) is 0 Å². The first-order valence-corrected chi connectivity index (χ1v) is 8.15. The highest BCUT2D eigenvalue weighted by Crippen LogP contribution is 2.26. The molecule has 18 heavy (non-hydrogen) atoms. The highest BCUT2D eigenvalue weighted by molar-refractivity contribution is 7.98. The molecule has 1 rings (SSSR count). The Bertz CT molecular complexity index is 358. The Morgan fingerprint density at radius 1 is 1.39 bits per heavy atom. The van der Waals surface area contributed by atoms with E-state index in [1.54, 1.807) is 0 Å². The van der Waals surface area contributed by atoms with E-state index in [0.29, 0.717) is 0 Å². The minimum atomic E-state index is 0.842. The van der Waals surface area contributed by atoms with Gasteiger partial charge in [0.15, 0.2) is 0 Å². The van der Waals surface area contributed by atoms with Gasteiger partial charge in [0.25, 0.3) is 0 Å². The van der Waals surface area contributed by atoms with E-state index in [2.05, 4.69) is 48.6 Å². The van der Waals surface area contributed by atoms with Crippen LogP contribution >= 0.6 is 23.4 Å². The van der Waals surface area contributed by atoms with Gasteiger partial charge < -0.3 is 10.2 Å². The Labute approximate surface area is 120 Å². The molecule has 0 amide bonds. The van der Waals surface area contributed by atoms with Crippen molar-refractivity contribution in [2.45, 2.75) is 19.9 Å². The van der Waals surface area contributed by atoms with Crippen LogP contribution in [0.2, 0.25) is 5.02 Å². The van der Waals surface area contributed by atoms with E-state index < -0.39 is 0 Å². The van der Waals surface area contributed by atoms with E-state index in [1.807, 2.05) is 11.8 Å². The maximum absolute atomic E-state index is 6.34. The number of hydrogen-bond acceptors (Lipinski definition) is 3. The fourth-order valence-corrected chi connectivity index (χ4v) is 2.53. The molecule has 1 N–H and O–H groups in total. The van der Waals surface area contributed by atoms with Gasteiger partial charge in [-0.25, -0.2) is 0 Å². The average molecular weight is 287 g/mol. The summed E-state index contributed by atoms with van der Waals surface area (Å²) in [6.45, 7) is 5.13. The first-order chi connectivity index (χ1) is 8.69. The maximum atomic E-state index is 6.34. The quantitative estimate of drug-likeness (QED) is 0.735. The van der Waals surface area contributed by atoms with Crippen LogP contribution in [-0.4, -0.2) is 32.1 Å². The standard InChI is InChI=1S/C14H23ClN2S/c1-4-7-16-11-12-5-6-14(13(15)10-12)17(2)8-9-18-3/h5-6,10,16H,4,7-9,11H2,1-3H3. The topological polar surface area (TPSA) is 15.3 Å². The lowest BCUT2D eigenvalue weighted by Gasteiger charge is -2.20. The Morgan fingerprint density at radius 3 is 2.78 bits per heavy atom. The van der Waals surface area contributed by atoms with Crippen LogP contribution in [0.1, 0.15) is 18.9 Å². The molecule has 1 aromatic rings. The zero-order valence-corrected chi connectivity index (χ0v) is 13.1. The molecule has 2 nitrogen and oxygen atoms in total. The Balaban J connectivity index is 2.61. The summed E-state index contributed by atoms with van der Waals surface area (Å²) in [5.41, 5.74) is 2.36. The minimum Gasteiger partial charge on any atom is -0.373 e. The molecule has 0 aromatic heterocycles. The van der Waals surface area contributed by atoms with Crippen LogP contribution in [0.5, 0.6) is 0 Å². The molecule has 1 aromatic carbocycles. The van der Waals surface area contributed by atoms with E-state index in [0.717, 1.165) is 42.5 Å². The fraction of sp³-hybridized carbons (Fsp3) is 0.571. The predicted molar refractivity (Wildman–Crippen MR) is 85.1 cm³/mol. The van der Waals surface area contributed by atoms with Gasteiger partial charge in [-0.05, 0) is 36.9 Å². The lowest BCUT2D eigenvalue weighted by Crippen LogP contribution is -2.20. The number of nitrogens with one attached hydrogen (secondary N) is 1. The second-order valence-corrected chi connectivity index (χ2v) is 5.77. The average Bonchev–Trinajstić information content (AvgIpc) is 2.36.